The molecular formula is C23H17N3O5. The summed E-state index contributed by atoms with van der Waals surface area (Å²) in [6.45, 7) is 1.38. The van der Waals surface area contributed by atoms with E-state index >= 15 is 0 Å². The number of phenolic OH excluding ortho intramolecular Hbond substituents is 2. The number of allylic oxidation sites excluding steroid dienone is 1. The molecule has 8 heteroatoms. The molecule has 0 radical (unpaired) electrons. The fraction of sp³-hybridized carbons (Fsp3) is 0.0870. The molecule has 4 rings (SSSR count). The summed E-state index contributed by atoms with van der Waals surface area (Å²) < 4.78 is 5.25. The second kappa shape index (κ2) is 7.72. The van der Waals surface area contributed by atoms with Crippen molar-refractivity contribution in [2.75, 3.05) is 0 Å². The Bertz CT molecular complexity index is 1360. The fourth-order valence-electron chi connectivity index (χ4n) is 3.28. The van der Waals surface area contributed by atoms with Gasteiger partial charge in [0.05, 0.1) is 11.0 Å². The third-order valence-electron chi connectivity index (χ3n) is 4.88. The standard InChI is InChI=1S/C23H17N3O5/c1-12(20(28)16(11-24)22-25-17-8-4-5-9-18(17)26-22)31-23(30)15-10-19(27)13-6-2-3-7-14(13)21(15)29/h2-10,12,27-29H,1H3,(H,25,26)/b20-16-/t12-/m1/s1. The molecule has 8 nitrogen and oxygen atoms in total. The van der Waals surface area contributed by atoms with E-state index in [4.69, 9.17) is 4.74 Å². The largest absolute Gasteiger partial charge is 0.507 e. The second-order valence-corrected chi connectivity index (χ2v) is 6.86. The lowest BCUT2D eigenvalue weighted by Crippen LogP contribution is -2.18. The summed E-state index contributed by atoms with van der Waals surface area (Å²) in [7, 11) is 0. The number of aliphatic hydroxyl groups is 1. The maximum atomic E-state index is 12.6. The quantitative estimate of drug-likeness (QED) is 0.170. The van der Waals surface area contributed by atoms with Gasteiger partial charge >= 0.3 is 5.97 Å². The summed E-state index contributed by atoms with van der Waals surface area (Å²) in [4.78, 5) is 19.8. The average molecular weight is 415 g/mol. The van der Waals surface area contributed by atoms with E-state index in [0.717, 1.165) is 6.07 Å². The summed E-state index contributed by atoms with van der Waals surface area (Å²) in [5.74, 6) is -1.89. The summed E-state index contributed by atoms with van der Waals surface area (Å²) in [6.07, 6.45) is -1.22. The van der Waals surface area contributed by atoms with E-state index in [9.17, 15) is 25.4 Å². The fourth-order valence-corrected chi connectivity index (χ4v) is 3.28. The molecule has 0 aliphatic rings. The number of aromatic nitrogens is 2. The Morgan fingerprint density at radius 1 is 1.13 bits per heavy atom. The smallest absolute Gasteiger partial charge is 0.342 e. The van der Waals surface area contributed by atoms with Crippen molar-refractivity contribution in [1.82, 2.24) is 9.97 Å². The first-order valence-electron chi connectivity index (χ1n) is 9.33. The molecule has 0 spiro atoms. The van der Waals surface area contributed by atoms with Gasteiger partial charge in [0.2, 0.25) is 0 Å². The number of fused-ring (bicyclic) bond motifs is 2. The van der Waals surface area contributed by atoms with Crippen molar-refractivity contribution in [1.29, 1.82) is 5.26 Å². The minimum Gasteiger partial charge on any atom is -0.507 e. The molecule has 3 aromatic carbocycles. The van der Waals surface area contributed by atoms with Crippen LogP contribution in [0.4, 0.5) is 0 Å². The molecule has 0 bridgehead atoms. The number of aromatic amines is 1. The van der Waals surface area contributed by atoms with Crippen LogP contribution < -0.4 is 0 Å². The van der Waals surface area contributed by atoms with Crippen LogP contribution in [0, 0.1) is 11.3 Å². The van der Waals surface area contributed by atoms with Gasteiger partial charge in [0.1, 0.15) is 28.7 Å². The SMILES string of the molecule is C[C@@H](OC(=O)c1cc(O)c2ccccc2c1O)/C(O)=C(\C#N)c1nc2ccccc2[nH]1. The number of aliphatic hydroxyl groups excluding tert-OH is 1. The number of benzene rings is 3. The van der Waals surface area contributed by atoms with Crippen molar-refractivity contribution < 1.29 is 24.9 Å². The van der Waals surface area contributed by atoms with Gasteiger partial charge in [0.15, 0.2) is 17.7 Å². The van der Waals surface area contributed by atoms with E-state index in [-0.39, 0.29) is 33.8 Å². The molecule has 0 saturated carbocycles. The molecule has 1 atom stereocenters. The van der Waals surface area contributed by atoms with Crippen LogP contribution in [0.5, 0.6) is 11.5 Å². The Morgan fingerprint density at radius 3 is 2.52 bits per heavy atom. The third kappa shape index (κ3) is 3.49. The number of aromatic hydroxyl groups is 2. The summed E-state index contributed by atoms with van der Waals surface area (Å²) in [5.41, 5.74) is 0.846. The lowest BCUT2D eigenvalue weighted by molar-refractivity contribution is 0.0331. The van der Waals surface area contributed by atoms with Gasteiger partial charge in [-0.05, 0) is 25.1 Å². The number of hydrogen-bond acceptors (Lipinski definition) is 7. The van der Waals surface area contributed by atoms with Crippen LogP contribution in [0.2, 0.25) is 0 Å². The molecule has 0 unspecified atom stereocenters. The van der Waals surface area contributed by atoms with E-state index in [1.165, 1.54) is 6.92 Å². The first-order chi connectivity index (χ1) is 14.9. The molecule has 0 saturated heterocycles. The van der Waals surface area contributed by atoms with Gasteiger partial charge in [-0.3, -0.25) is 0 Å². The first kappa shape index (κ1) is 19.8. The number of hydrogen-bond donors (Lipinski definition) is 4. The van der Waals surface area contributed by atoms with Crippen molar-refractivity contribution in [3.63, 3.8) is 0 Å². The van der Waals surface area contributed by atoms with Gasteiger partial charge in [-0.25, -0.2) is 9.78 Å². The molecule has 0 aliphatic heterocycles. The van der Waals surface area contributed by atoms with Gasteiger partial charge < -0.3 is 25.0 Å². The molecule has 0 aliphatic carbocycles. The number of rotatable bonds is 4. The highest BCUT2D eigenvalue weighted by Crippen LogP contribution is 2.36. The monoisotopic (exact) mass is 415 g/mol. The predicted octanol–water partition coefficient (Wildman–Crippen LogP) is 4.17. The number of esters is 1. The van der Waals surface area contributed by atoms with Crippen molar-refractivity contribution in [3.05, 3.63) is 71.7 Å². The van der Waals surface area contributed by atoms with Crippen LogP contribution in [0.25, 0.3) is 27.4 Å². The zero-order chi connectivity index (χ0) is 22.1. The second-order valence-electron chi connectivity index (χ2n) is 6.86. The number of carbonyl (C=O) groups excluding carboxylic acids is 1. The zero-order valence-corrected chi connectivity index (χ0v) is 16.3. The van der Waals surface area contributed by atoms with Crippen molar-refractivity contribution in [2.24, 2.45) is 0 Å². The molecule has 4 aromatic rings. The lowest BCUT2D eigenvalue weighted by atomic mass is 10.0. The number of imidazole rings is 1. The number of nitrogens with one attached hydrogen (secondary N) is 1. The average Bonchev–Trinajstić information content (AvgIpc) is 3.20. The Labute approximate surface area is 176 Å². The predicted molar refractivity (Wildman–Crippen MR) is 113 cm³/mol. The van der Waals surface area contributed by atoms with Gasteiger partial charge in [0.25, 0.3) is 0 Å². The maximum absolute atomic E-state index is 12.6. The van der Waals surface area contributed by atoms with E-state index < -0.39 is 17.8 Å². The van der Waals surface area contributed by atoms with Crippen molar-refractivity contribution in [2.45, 2.75) is 13.0 Å². The van der Waals surface area contributed by atoms with E-state index in [1.54, 1.807) is 48.5 Å². The Morgan fingerprint density at radius 2 is 1.81 bits per heavy atom. The Hall–Kier alpha value is -4.51. The topological polar surface area (TPSA) is 139 Å². The first-order valence-corrected chi connectivity index (χ1v) is 9.33. The highest BCUT2D eigenvalue weighted by molar-refractivity contribution is 6.03. The van der Waals surface area contributed by atoms with Gasteiger partial charge in [-0.1, -0.05) is 36.4 Å². The molecule has 154 valence electrons. The minimum absolute atomic E-state index is 0.135. The summed E-state index contributed by atoms with van der Waals surface area (Å²) in [5, 5.41) is 41.4. The molecule has 0 fully saturated rings. The number of carbonyl (C=O) groups is 1. The van der Waals surface area contributed by atoms with E-state index in [0.29, 0.717) is 16.4 Å². The summed E-state index contributed by atoms with van der Waals surface area (Å²) in [6, 6.07) is 16.6. The maximum Gasteiger partial charge on any atom is 0.342 e. The third-order valence-corrected chi connectivity index (χ3v) is 4.88. The van der Waals surface area contributed by atoms with E-state index in [2.05, 4.69) is 9.97 Å². The minimum atomic E-state index is -1.22. The Kier molecular flexibility index (Phi) is 4.93. The highest BCUT2D eigenvalue weighted by atomic mass is 16.6. The zero-order valence-electron chi connectivity index (χ0n) is 16.3. The highest BCUT2D eigenvalue weighted by Gasteiger charge is 2.24. The Balaban J connectivity index is 1.66. The lowest BCUT2D eigenvalue weighted by Gasteiger charge is -2.15. The van der Waals surface area contributed by atoms with Crippen LogP contribution in [0.3, 0.4) is 0 Å². The molecule has 31 heavy (non-hydrogen) atoms. The number of ether oxygens (including phenoxy) is 1. The number of nitrogens with zero attached hydrogens (tertiary/aromatic N) is 2. The molecular weight excluding hydrogens is 398 g/mol. The van der Waals surface area contributed by atoms with Crippen LogP contribution in [0.15, 0.2) is 60.4 Å². The van der Waals surface area contributed by atoms with Crippen LogP contribution >= 0.6 is 0 Å². The van der Waals surface area contributed by atoms with Gasteiger partial charge in [-0.2, -0.15) is 5.26 Å². The van der Waals surface area contributed by atoms with E-state index in [1.807, 2.05) is 6.07 Å². The number of phenols is 2. The molecule has 0 amide bonds. The van der Waals surface area contributed by atoms with Crippen molar-refractivity contribution >= 4 is 33.3 Å². The van der Waals surface area contributed by atoms with Gasteiger partial charge in [-0.15, -0.1) is 0 Å². The van der Waals surface area contributed by atoms with Gasteiger partial charge in [0, 0.05) is 10.8 Å². The summed E-state index contributed by atoms with van der Waals surface area (Å²) >= 11 is 0. The normalized spacial score (nSPS) is 12.9. The number of para-hydroxylation sites is 2. The van der Waals surface area contributed by atoms with Crippen LogP contribution in [0.1, 0.15) is 23.1 Å². The number of nitriles is 1. The molecule has 1 heterocycles. The van der Waals surface area contributed by atoms with Crippen molar-refractivity contribution in [3.8, 4) is 17.6 Å². The molecule has 1 aromatic heterocycles. The van der Waals surface area contributed by atoms with Crippen LogP contribution in [-0.2, 0) is 4.74 Å². The van der Waals surface area contributed by atoms with Crippen LogP contribution in [-0.4, -0.2) is 37.4 Å². The molecule has 4 N–H and O–H groups in total. The number of H-pyrrole nitrogens is 1.